The normalized spacial score (nSPS) is 19.9. The van der Waals surface area contributed by atoms with E-state index in [4.69, 9.17) is 0 Å². The number of H-pyrrole nitrogens is 1. The number of hydrogen-bond acceptors (Lipinski definition) is 5. The third-order valence-corrected chi connectivity index (χ3v) is 7.52. The molecule has 4 aromatic rings. The fourth-order valence-corrected chi connectivity index (χ4v) is 5.85. The van der Waals surface area contributed by atoms with E-state index in [1.165, 1.54) is 0 Å². The molecule has 1 fully saturated rings. The van der Waals surface area contributed by atoms with Gasteiger partial charge in [0.2, 0.25) is 21.4 Å². The first-order valence-corrected chi connectivity index (χ1v) is 11.4. The summed E-state index contributed by atoms with van der Waals surface area (Å²) in [4.78, 5) is 23.0. The molecule has 2 N–H and O–H groups in total. The second kappa shape index (κ2) is 7.24. The van der Waals surface area contributed by atoms with Crippen molar-refractivity contribution < 1.29 is 13.2 Å². The number of nitrogens with zero attached hydrogens (tertiary/aromatic N) is 3. The summed E-state index contributed by atoms with van der Waals surface area (Å²) < 4.78 is 29.0. The van der Waals surface area contributed by atoms with Crippen LogP contribution in [0.3, 0.4) is 0 Å². The van der Waals surface area contributed by atoms with Gasteiger partial charge in [-0.25, -0.2) is 18.4 Å². The van der Waals surface area contributed by atoms with Crippen LogP contribution in [0.4, 0.5) is 0 Å². The van der Waals surface area contributed by atoms with Crippen LogP contribution in [0.2, 0.25) is 0 Å². The van der Waals surface area contributed by atoms with Crippen molar-refractivity contribution in [3.8, 4) is 0 Å². The molecule has 0 radical (unpaired) electrons. The Hall–Kier alpha value is -3.20. The number of benzene rings is 1. The number of rotatable bonds is 5. The van der Waals surface area contributed by atoms with Crippen molar-refractivity contribution in [3.05, 3.63) is 48.8 Å². The molecule has 1 saturated carbocycles. The zero-order valence-corrected chi connectivity index (χ0v) is 17.0. The van der Waals surface area contributed by atoms with Gasteiger partial charge in [-0.15, -0.1) is 0 Å². The van der Waals surface area contributed by atoms with Crippen LogP contribution in [-0.4, -0.2) is 40.4 Å². The van der Waals surface area contributed by atoms with Crippen molar-refractivity contribution in [1.82, 2.24) is 24.8 Å². The maximum absolute atomic E-state index is 13.5. The van der Waals surface area contributed by atoms with Crippen molar-refractivity contribution in [2.75, 3.05) is 0 Å². The van der Waals surface area contributed by atoms with Crippen LogP contribution in [0, 0.1) is 0 Å². The largest absolute Gasteiger partial charge is 0.356 e. The number of pyridine rings is 1. The topological polar surface area (TPSA) is 110 Å². The van der Waals surface area contributed by atoms with E-state index in [1.807, 2.05) is 10.6 Å². The number of carbonyl (C=O) groups excluding carboxylic acids is 1. The minimum Gasteiger partial charge on any atom is -0.356 e. The predicted octanol–water partition coefficient (Wildman–Crippen LogP) is 2.98. The molecule has 3 heterocycles. The van der Waals surface area contributed by atoms with Crippen LogP contribution in [0.1, 0.15) is 31.7 Å². The minimum absolute atomic E-state index is 0.0336. The summed E-state index contributed by atoms with van der Waals surface area (Å²) in [7, 11) is -3.81. The van der Waals surface area contributed by atoms with E-state index in [0.29, 0.717) is 11.2 Å². The fourth-order valence-electron chi connectivity index (χ4n) is 4.40. The summed E-state index contributed by atoms with van der Waals surface area (Å²) in [5, 5.41) is 3.74. The number of fused-ring (bicyclic) bond motifs is 3. The molecule has 1 amide bonds. The molecule has 1 aromatic carbocycles. The van der Waals surface area contributed by atoms with Crippen molar-refractivity contribution in [1.29, 1.82) is 0 Å². The van der Waals surface area contributed by atoms with E-state index in [9.17, 15) is 13.2 Å². The highest BCUT2D eigenvalue weighted by Gasteiger charge is 2.32. The second-order valence-electron chi connectivity index (χ2n) is 7.60. The van der Waals surface area contributed by atoms with E-state index >= 15 is 0 Å². The van der Waals surface area contributed by atoms with Gasteiger partial charge >= 0.3 is 0 Å². The number of imidazole rings is 1. The van der Waals surface area contributed by atoms with Crippen LogP contribution in [0.25, 0.3) is 22.1 Å². The predicted molar refractivity (Wildman–Crippen MR) is 112 cm³/mol. The van der Waals surface area contributed by atoms with Gasteiger partial charge in [-0.1, -0.05) is 18.2 Å². The Balaban J connectivity index is 1.71. The lowest BCUT2D eigenvalue weighted by Gasteiger charge is -2.30. The first-order valence-electron chi connectivity index (χ1n) is 9.93. The highest BCUT2D eigenvalue weighted by Crippen LogP contribution is 2.37. The van der Waals surface area contributed by atoms with Crippen molar-refractivity contribution >= 4 is 38.3 Å². The summed E-state index contributed by atoms with van der Waals surface area (Å²) in [5.74, 6) is 0. The SMILES string of the molecule is O=CNC1CCC(n2c(S(=O)(=O)c3ccccc3)nc3cnc4[nH]ccc4c32)CC1. The number of hydrogen-bond donors (Lipinski definition) is 2. The second-order valence-corrected chi connectivity index (χ2v) is 9.45. The van der Waals surface area contributed by atoms with E-state index in [-0.39, 0.29) is 22.1 Å². The molecule has 0 spiro atoms. The Morgan fingerprint density at radius 3 is 2.60 bits per heavy atom. The van der Waals surface area contributed by atoms with Gasteiger partial charge in [0.1, 0.15) is 11.2 Å². The van der Waals surface area contributed by atoms with E-state index < -0.39 is 9.84 Å². The van der Waals surface area contributed by atoms with Gasteiger partial charge in [-0.05, 0) is 43.9 Å². The summed E-state index contributed by atoms with van der Waals surface area (Å²) >= 11 is 0. The van der Waals surface area contributed by atoms with Crippen LogP contribution in [0.15, 0.2) is 58.8 Å². The standard InChI is InChI=1S/C21H21N5O3S/c27-13-24-14-6-8-15(9-7-14)26-19-17-10-11-22-20(17)23-12-18(19)25-21(26)30(28,29)16-4-2-1-3-5-16/h1-5,10-15H,6-9H2,(H,22,23)(H,24,27). The lowest BCUT2D eigenvalue weighted by Crippen LogP contribution is -2.33. The number of nitrogens with one attached hydrogen (secondary N) is 2. The number of amides is 1. The van der Waals surface area contributed by atoms with Crippen molar-refractivity contribution in [3.63, 3.8) is 0 Å². The molecule has 0 unspecified atom stereocenters. The van der Waals surface area contributed by atoms with Crippen LogP contribution >= 0.6 is 0 Å². The highest BCUT2D eigenvalue weighted by molar-refractivity contribution is 7.91. The smallest absolute Gasteiger partial charge is 0.240 e. The van der Waals surface area contributed by atoms with E-state index in [0.717, 1.165) is 43.0 Å². The molecule has 8 nitrogen and oxygen atoms in total. The Morgan fingerprint density at radius 2 is 1.87 bits per heavy atom. The van der Waals surface area contributed by atoms with Gasteiger partial charge in [0, 0.05) is 23.7 Å². The van der Waals surface area contributed by atoms with Gasteiger partial charge in [0.25, 0.3) is 0 Å². The third-order valence-electron chi connectivity index (χ3n) is 5.86. The molecular formula is C21H21N5O3S. The number of aromatic amines is 1. The fraction of sp³-hybridized carbons (Fsp3) is 0.286. The third kappa shape index (κ3) is 2.97. The average Bonchev–Trinajstić information content (AvgIpc) is 3.40. The molecule has 0 atom stereocenters. The molecule has 154 valence electrons. The summed E-state index contributed by atoms with van der Waals surface area (Å²) in [6.07, 6.45) is 7.23. The number of sulfone groups is 1. The maximum atomic E-state index is 13.5. The van der Waals surface area contributed by atoms with E-state index in [2.05, 4.69) is 20.3 Å². The minimum atomic E-state index is -3.81. The Kier molecular flexibility index (Phi) is 4.54. The summed E-state index contributed by atoms with van der Waals surface area (Å²) in [6, 6.07) is 10.4. The molecular weight excluding hydrogens is 402 g/mol. The summed E-state index contributed by atoms with van der Waals surface area (Å²) in [6.45, 7) is 0. The highest BCUT2D eigenvalue weighted by atomic mass is 32.2. The van der Waals surface area contributed by atoms with E-state index in [1.54, 1.807) is 42.7 Å². The molecule has 0 saturated heterocycles. The van der Waals surface area contributed by atoms with Crippen LogP contribution in [0.5, 0.6) is 0 Å². The Labute approximate surface area is 173 Å². The van der Waals surface area contributed by atoms with Gasteiger partial charge < -0.3 is 14.9 Å². The number of carbonyl (C=O) groups is 1. The van der Waals surface area contributed by atoms with Crippen LogP contribution < -0.4 is 5.32 Å². The lowest BCUT2D eigenvalue weighted by molar-refractivity contribution is -0.110. The molecule has 9 heteroatoms. The van der Waals surface area contributed by atoms with Gasteiger partial charge in [-0.2, -0.15) is 0 Å². The molecule has 0 bridgehead atoms. The van der Waals surface area contributed by atoms with Crippen LogP contribution in [-0.2, 0) is 14.6 Å². The molecule has 30 heavy (non-hydrogen) atoms. The molecule has 0 aliphatic heterocycles. The molecule has 1 aliphatic rings. The van der Waals surface area contributed by atoms with Crippen molar-refractivity contribution in [2.24, 2.45) is 0 Å². The quantitative estimate of drug-likeness (QED) is 0.480. The van der Waals surface area contributed by atoms with Gasteiger partial charge in [0.15, 0.2) is 0 Å². The van der Waals surface area contributed by atoms with Gasteiger partial charge in [-0.3, -0.25) is 4.79 Å². The zero-order valence-electron chi connectivity index (χ0n) is 16.2. The monoisotopic (exact) mass is 423 g/mol. The Bertz CT molecular complexity index is 1320. The van der Waals surface area contributed by atoms with Crippen molar-refractivity contribution in [2.45, 2.75) is 47.8 Å². The van der Waals surface area contributed by atoms with Gasteiger partial charge in [0.05, 0.1) is 16.6 Å². The average molecular weight is 423 g/mol. The lowest BCUT2D eigenvalue weighted by atomic mass is 9.91. The first-order chi connectivity index (χ1) is 14.6. The Morgan fingerprint density at radius 1 is 1.10 bits per heavy atom. The zero-order chi connectivity index (χ0) is 20.7. The first kappa shape index (κ1) is 18.8. The summed E-state index contributed by atoms with van der Waals surface area (Å²) in [5.41, 5.74) is 2.04. The molecule has 1 aliphatic carbocycles. The molecule has 5 rings (SSSR count). The number of aromatic nitrogens is 4. The maximum Gasteiger partial charge on any atom is 0.240 e. The molecule has 3 aromatic heterocycles.